The lowest BCUT2D eigenvalue weighted by atomic mass is 10.1. The Morgan fingerprint density at radius 3 is 2.17 bits per heavy atom. The maximum absolute atomic E-state index is 13.4. The van der Waals surface area contributed by atoms with Crippen LogP contribution in [0.5, 0.6) is 5.75 Å². The first-order chi connectivity index (χ1) is 11.4. The maximum Gasteiger partial charge on any atom is 0.276 e. The van der Waals surface area contributed by atoms with Crippen LogP contribution in [0.15, 0.2) is 36.4 Å². The summed E-state index contributed by atoms with van der Waals surface area (Å²) in [6.45, 7) is 3.43. The van der Waals surface area contributed by atoms with Gasteiger partial charge in [0.05, 0.1) is 0 Å². The molecule has 2 aromatic carbocycles. The fraction of sp³-hybridized carbons (Fsp3) is 0.176. The van der Waals surface area contributed by atoms with Gasteiger partial charge in [-0.2, -0.15) is 0 Å². The molecule has 2 aromatic rings. The smallest absolute Gasteiger partial charge is 0.276 e. The summed E-state index contributed by atoms with van der Waals surface area (Å²) in [5, 5.41) is 0. The fourth-order valence-corrected chi connectivity index (χ4v) is 2.10. The third-order valence-corrected chi connectivity index (χ3v) is 3.07. The minimum atomic E-state index is -1.09. The van der Waals surface area contributed by atoms with Gasteiger partial charge in [-0.15, -0.1) is 0 Å². The highest BCUT2D eigenvalue weighted by Gasteiger charge is 2.17. The second-order valence-electron chi connectivity index (χ2n) is 5.21. The largest absolute Gasteiger partial charge is 0.484 e. The molecule has 0 saturated carbocycles. The number of halogens is 2. The number of amides is 2. The molecule has 0 saturated heterocycles. The summed E-state index contributed by atoms with van der Waals surface area (Å²) in [5.74, 6) is -3.29. The molecular formula is C17H16F2N2O3. The molecule has 0 fully saturated rings. The van der Waals surface area contributed by atoms with E-state index in [9.17, 15) is 18.4 Å². The molecular weight excluding hydrogens is 318 g/mol. The van der Waals surface area contributed by atoms with Crippen molar-refractivity contribution in [3.63, 3.8) is 0 Å². The van der Waals surface area contributed by atoms with Crippen molar-refractivity contribution in [1.82, 2.24) is 10.9 Å². The van der Waals surface area contributed by atoms with Crippen molar-refractivity contribution in [1.29, 1.82) is 0 Å². The molecule has 0 aliphatic carbocycles. The molecule has 0 bridgehead atoms. The average molecular weight is 334 g/mol. The topological polar surface area (TPSA) is 67.4 Å². The van der Waals surface area contributed by atoms with Crippen molar-refractivity contribution in [3.8, 4) is 5.75 Å². The van der Waals surface area contributed by atoms with Crippen LogP contribution in [0.2, 0.25) is 0 Å². The number of nitrogens with one attached hydrogen (secondary N) is 2. The summed E-state index contributed by atoms with van der Waals surface area (Å²) in [4.78, 5) is 23.4. The molecule has 7 heteroatoms. The highest BCUT2D eigenvalue weighted by Crippen LogP contribution is 2.16. The first-order valence-corrected chi connectivity index (χ1v) is 7.11. The van der Waals surface area contributed by atoms with Crippen LogP contribution in [0.3, 0.4) is 0 Å². The number of ether oxygens (including phenoxy) is 1. The molecule has 0 heterocycles. The fourth-order valence-electron chi connectivity index (χ4n) is 2.10. The molecule has 0 aliphatic heterocycles. The summed E-state index contributed by atoms with van der Waals surface area (Å²) < 4.78 is 32.2. The summed E-state index contributed by atoms with van der Waals surface area (Å²) >= 11 is 0. The second kappa shape index (κ2) is 7.54. The SMILES string of the molecule is Cc1cc(C)cc(OCC(=O)NNC(=O)c2c(F)cccc2F)c1. The number of hydrogen-bond donors (Lipinski definition) is 2. The standard InChI is InChI=1S/C17H16F2N2O3/c1-10-6-11(2)8-12(7-10)24-9-15(22)20-21-17(23)16-13(18)4-3-5-14(16)19/h3-8H,9H2,1-2H3,(H,20,22)(H,21,23). The van der Waals surface area contributed by atoms with E-state index in [1.54, 1.807) is 12.1 Å². The maximum atomic E-state index is 13.4. The lowest BCUT2D eigenvalue weighted by molar-refractivity contribution is -0.123. The monoisotopic (exact) mass is 334 g/mol. The van der Waals surface area contributed by atoms with Gasteiger partial charge in [0.1, 0.15) is 22.9 Å². The normalized spacial score (nSPS) is 10.2. The van der Waals surface area contributed by atoms with Crippen molar-refractivity contribution >= 4 is 11.8 Å². The molecule has 24 heavy (non-hydrogen) atoms. The predicted molar refractivity (Wildman–Crippen MR) is 83.4 cm³/mol. The van der Waals surface area contributed by atoms with E-state index in [4.69, 9.17) is 4.74 Å². The number of hydrazine groups is 1. The Bertz CT molecular complexity index is 738. The van der Waals surface area contributed by atoms with Crippen LogP contribution in [0, 0.1) is 25.5 Å². The van der Waals surface area contributed by atoms with Gasteiger partial charge < -0.3 is 4.74 Å². The Morgan fingerprint density at radius 2 is 1.58 bits per heavy atom. The molecule has 0 aliphatic rings. The number of aryl methyl sites for hydroxylation is 2. The molecule has 5 nitrogen and oxygen atoms in total. The Labute approximate surface area is 137 Å². The lowest BCUT2D eigenvalue weighted by Crippen LogP contribution is -2.44. The zero-order chi connectivity index (χ0) is 17.7. The Hall–Kier alpha value is -2.96. The van der Waals surface area contributed by atoms with Crippen LogP contribution in [-0.2, 0) is 4.79 Å². The van der Waals surface area contributed by atoms with Crippen molar-refractivity contribution < 1.29 is 23.1 Å². The van der Waals surface area contributed by atoms with Gasteiger partial charge in [-0.25, -0.2) is 8.78 Å². The molecule has 126 valence electrons. The second-order valence-corrected chi connectivity index (χ2v) is 5.21. The van der Waals surface area contributed by atoms with E-state index in [2.05, 4.69) is 0 Å². The quantitative estimate of drug-likeness (QED) is 0.844. The van der Waals surface area contributed by atoms with Gasteiger partial charge in [-0.05, 0) is 49.2 Å². The number of hydrogen-bond acceptors (Lipinski definition) is 3. The third-order valence-electron chi connectivity index (χ3n) is 3.07. The first-order valence-electron chi connectivity index (χ1n) is 7.11. The Kier molecular flexibility index (Phi) is 5.47. The van der Waals surface area contributed by atoms with Crippen molar-refractivity contribution in [2.45, 2.75) is 13.8 Å². The summed E-state index contributed by atoms with van der Waals surface area (Å²) in [5.41, 5.74) is 5.17. The molecule has 0 aromatic heterocycles. The molecule has 0 atom stereocenters. The van der Waals surface area contributed by atoms with Crippen LogP contribution < -0.4 is 15.6 Å². The van der Waals surface area contributed by atoms with E-state index in [1.807, 2.05) is 30.8 Å². The average Bonchev–Trinajstić information content (AvgIpc) is 2.50. The summed E-state index contributed by atoms with van der Waals surface area (Å²) in [6, 6.07) is 8.50. The molecule has 0 spiro atoms. The lowest BCUT2D eigenvalue weighted by Gasteiger charge is -2.10. The van der Waals surface area contributed by atoms with Gasteiger partial charge >= 0.3 is 0 Å². The minimum Gasteiger partial charge on any atom is -0.484 e. The molecule has 0 radical (unpaired) electrons. The van der Waals surface area contributed by atoms with Crippen LogP contribution >= 0.6 is 0 Å². The van der Waals surface area contributed by atoms with E-state index < -0.39 is 29.0 Å². The van der Waals surface area contributed by atoms with Gasteiger partial charge in [-0.1, -0.05) is 12.1 Å². The highest BCUT2D eigenvalue weighted by molar-refractivity contribution is 5.95. The van der Waals surface area contributed by atoms with E-state index in [0.29, 0.717) is 5.75 Å². The van der Waals surface area contributed by atoms with E-state index in [-0.39, 0.29) is 6.61 Å². The molecule has 2 rings (SSSR count). The number of carbonyl (C=O) groups is 2. The van der Waals surface area contributed by atoms with Crippen LogP contribution in [0.1, 0.15) is 21.5 Å². The van der Waals surface area contributed by atoms with E-state index in [1.165, 1.54) is 0 Å². The van der Waals surface area contributed by atoms with Crippen LogP contribution in [-0.4, -0.2) is 18.4 Å². The van der Waals surface area contributed by atoms with Crippen molar-refractivity contribution in [2.24, 2.45) is 0 Å². The van der Waals surface area contributed by atoms with Gasteiger partial charge in [-0.3, -0.25) is 20.4 Å². The minimum absolute atomic E-state index is 0.358. The van der Waals surface area contributed by atoms with E-state index >= 15 is 0 Å². The molecule has 2 N–H and O–H groups in total. The number of carbonyl (C=O) groups excluding carboxylic acids is 2. The third kappa shape index (κ3) is 4.52. The van der Waals surface area contributed by atoms with Gasteiger partial charge in [0, 0.05) is 0 Å². The van der Waals surface area contributed by atoms with Gasteiger partial charge in [0.15, 0.2) is 6.61 Å². The Morgan fingerprint density at radius 1 is 1.00 bits per heavy atom. The summed E-state index contributed by atoms with van der Waals surface area (Å²) in [7, 11) is 0. The zero-order valence-corrected chi connectivity index (χ0v) is 13.2. The first kappa shape index (κ1) is 17.4. The molecule has 0 unspecified atom stereocenters. The van der Waals surface area contributed by atoms with Crippen molar-refractivity contribution in [3.05, 3.63) is 64.7 Å². The predicted octanol–water partition coefficient (Wildman–Crippen LogP) is 2.42. The zero-order valence-electron chi connectivity index (χ0n) is 13.2. The highest BCUT2D eigenvalue weighted by atomic mass is 19.1. The Balaban J connectivity index is 1.88. The summed E-state index contributed by atoms with van der Waals surface area (Å²) in [6.07, 6.45) is 0. The number of rotatable bonds is 4. The van der Waals surface area contributed by atoms with Crippen LogP contribution in [0.25, 0.3) is 0 Å². The van der Waals surface area contributed by atoms with Crippen LogP contribution in [0.4, 0.5) is 8.78 Å². The molecule has 2 amide bonds. The van der Waals surface area contributed by atoms with E-state index in [0.717, 1.165) is 29.3 Å². The number of benzene rings is 2. The van der Waals surface area contributed by atoms with Gasteiger partial charge in [0.25, 0.3) is 11.8 Å². The van der Waals surface area contributed by atoms with Crippen molar-refractivity contribution in [2.75, 3.05) is 6.61 Å². The van der Waals surface area contributed by atoms with Gasteiger partial charge in [0.2, 0.25) is 0 Å².